The molecule has 2 heterocycles. The first-order valence-electron chi connectivity index (χ1n) is 8.95. The second kappa shape index (κ2) is 7.27. The molecule has 1 amide bonds. The standard InChI is InChI=1S/C22H25N3O2/c1-13-7-8-21(14(2)9-13)25-15(3)10-19(17(25)5)12-23-24-22(26)20-11-16(4)27-18(20)6/h7-12H,1-6H3,(H,24,26)/b23-12-. The van der Waals surface area contributed by atoms with E-state index in [0.717, 1.165) is 22.6 Å². The fourth-order valence-electron chi connectivity index (χ4n) is 3.42. The highest BCUT2D eigenvalue weighted by Crippen LogP contribution is 2.23. The SMILES string of the molecule is Cc1ccc(-n2c(C)cc(/C=N\NC(=O)c3cc(C)oc3C)c2C)c(C)c1. The highest BCUT2D eigenvalue weighted by atomic mass is 16.3. The third-order valence-corrected chi connectivity index (χ3v) is 4.72. The Kier molecular flexibility index (Phi) is 5.04. The summed E-state index contributed by atoms with van der Waals surface area (Å²) in [4.78, 5) is 12.2. The number of carbonyl (C=O) groups is 1. The highest BCUT2D eigenvalue weighted by Gasteiger charge is 2.14. The predicted octanol–water partition coefficient (Wildman–Crippen LogP) is 4.68. The Bertz CT molecular complexity index is 1040. The van der Waals surface area contributed by atoms with E-state index >= 15 is 0 Å². The molecule has 0 aliphatic carbocycles. The van der Waals surface area contributed by atoms with Crippen LogP contribution in [0.2, 0.25) is 0 Å². The van der Waals surface area contributed by atoms with Gasteiger partial charge in [0.25, 0.3) is 5.91 Å². The maximum atomic E-state index is 12.2. The average Bonchev–Trinajstić information content (AvgIpc) is 3.07. The van der Waals surface area contributed by atoms with Crippen molar-refractivity contribution in [3.8, 4) is 5.69 Å². The molecule has 0 fully saturated rings. The number of benzene rings is 1. The minimum absolute atomic E-state index is 0.274. The predicted molar refractivity (Wildman–Crippen MR) is 108 cm³/mol. The minimum atomic E-state index is -0.274. The van der Waals surface area contributed by atoms with Crippen LogP contribution in [-0.4, -0.2) is 16.7 Å². The number of nitrogens with zero attached hydrogens (tertiary/aromatic N) is 2. The number of hydrazone groups is 1. The van der Waals surface area contributed by atoms with E-state index < -0.39 is 0 Å². The molecule has 0 spiro atoms. The van der Waals surface area contributed by atoms with Gasteiger partial charge in [-0.15, -0.1) is 0 Å². The van der Waals surface area contributed by atoms with Crippen molar-refractivity contribution in [1.82, 2.24) is 9.99 Å². The molecule has 0 aliphatic heterocycles. The van der Waals surface area contributed by atoms with Crippen LogP contribution in [0, 0.1) is 41.5 Å². The van der Waals surface area contributed by atoms with Crippen molar-refractivity contribution in [2.45, 2.75) is 41.5 Å². The van der Waals surface area contributed by atoms with Crippen LogP contribution in [0.3, 0.4) is 0 Å². The summed E-state index contributed by atoms with van der Waals surface area (Å²) in [5, 5.41) is 4.13. The van der Waals surface area contributed by atoms with Gasteiger partial charge in [-0.2, -0.15) is 5.10 Å². The van der Waals surface area contributed by atoms with Gasteiger partial charge in [0.15, 0.2) is 0 Å². The zero-order valence-corrected chi connectivity index (χ0v) is 16.7. The summed E-state index contributed by atoms with van der Waals surface area (Å²) >= 11 is 0. The average molecular weight is 363 g/mol. The van der Waals surface area contributed by atoms with E-state index in [2.05, 4.69) is 67.1 Å². The lowest BCUT2D eigenvalue weighted by Crippen LogP contribution is -2.17. The molecule has 0 saturated carbocycles. The first kappa shape index (κ1) is 18.7. The maximum absolute atomic E-state index is 12.2. The van der Waals surface area contributed by atoms with Gasteiger partial charge in [-0.25, -0.2) is 5.43 Å². The molecule has 3 aromatic rings. The molecule has 0 unspecified atom stereocenters. The normalized spacial score (nSPS) is 11.3. The van der Waals surface area contributed by atoms with Crippen LogP contribution in [0.5, 0.6) is 0 Å². The van der Waals surface area contributed by atoms with Crippen LogP contribution in [-0.2, 0) is 0 Å². The molecular weight excluding hydrogens is 338 g/mol. The van der Waals surface area contributed by atoms with Crippen molar-refractivity contribution >= 4 is 12.1 Å². The first-order valence-corrected chi connectivity index (χ1v) is 8.95. The molecule has 3 rings (SSSR count). The van der Waals surface area contributed by atoms with Crippen molar-refractivity contribution in [1.29, 1.82) is 0 Å². The quantitative estimate of drug-likeness (QED) is 0.540. The van der Waals surface area contributed by atoms with E-state index in [1.807, 2.05) is 6.92 Å². The number of hydrogen-bond acceptors (Lipinski definition) is 3. The van der Waals surface area contributed by atoms with Crippen molar-refractivity contribution in [2.75, 3.05) is 0 Å². The van der Waals surface area contributed by atoms with E-state index in [4.69, 9.17) is 4.42 Å². The van der Waals surface area contributed by atoms with Crippen molar-refractivity contribution < 1.29 is 9.21 Å². The Hall–Kier alpha value is -3.08. The van der Waals surface area contributed by atoms with Gasteiger partial charge < -0.3 is 8.98 Å². The molecule has 5 nitrogen and oxygen atoms in total. The van der Waals surface area contributed by atoms with Crippen LogP contribution in [0.1, 0.15) is 50.0 Å². The molecule has 0 bridgehead atoms. The summed E-state index contributed by atoms with van der Waals surface area (Å²) in [5.74, 6) is 1.02. The lowest BCUT2D eigenvalue weighted by molar-refractivity contribution is 0.0953. The third-order valence-electron chi connectivity index (χ3n) is 4.72. The number of aromatic nitrogens is 1. The van der Waals surface area contributed by atoms with Crippen LogP contribution >= 0.6 is 0 Å². The van der Waals surface area contributed by atoms with Crippen LogP contribution < -0.4 is 5.43 Å². The second-order valence-corrected chi connectivity index (χ2v) is 6.98. The Morgan fingerprint density at radius 1 is 1.07 bits per heavy atom. The van der Waals surface area contributed by atoms with E-state index in [9.17, 15) is 4.79 Å². The van der Waals surface area contributed by atoms with E-state index in [-0.39, 0.29) is 5.91 Å². The summed E-state index contributed by atoms with van der Waals surface area (Å²) in [6, 6.07) is 10.2. The summed E-state index contributed by atoms with van der Waals surface area (Å²) in [6.07, 6.45) is 1.68. The van der Waals surface area contributed by atoms with Gasteiger partial charge in [0.05, 0.1) is 11.8 Å². The van der Waals surface area contributed by atoms with Crippen molar-refractivity contribution in [3.63, 3.8) is 0 Å². The highest BCUT2D eigenvalue weighted by molar-refractivity contribution is 5.96. The third kappa shape index (κ3) is 3.72. The molecular formula is C22H25N3O2. The van der Waals surface area contributed by atoms with Crippen LogP contribution in [0.4, 0.5) is 0 Å². The monoisotopic (exact) mass is 363 g/mol. The van der Waals surface area contributed by atoms with Gasteiger partial charge in [-0.05, 0) is 65.3 Å². The number of aryl methyl sites for hydroxylation is 5. The zero-order valence-electron chi connectivity index (χ0n) is 16.7. The fourth-order valence-corrected chi connectivity index (χ4v) is 3.42. The zero-order chi connectivity index (χ0) is 19.7. The van der Waals surface area contributed by atoms with Crippen LogP contribution in [0.15, 0.2) is 39.9 Å². The van der Waals surface area contributed by atoms with Gasteiger partial charge in [-0.1, -0.05) is 17.7 Å². The molecule has 1 aromatic carbocycles. The molecule has 27 heavy (non-hydrogen) atoms. The number of carbonyl (C=O) groups excluding carboxylic acids is 1. The summed E-state index contributed by atoms with van der Waals surface area (Å²) < 4.78 is 7.60. The first-order chi connectivity index (χ1) is 12.8. The number of amides is 1. The number of nitrogens with one attached hydrogen (secondary N) is 1. The van der Waals surface area contributed by atoms with Gasteiger partial charge in [-0.3, -0.25) is 4.79 Å². The molecule has 2 aromatic heterocycles. The van der Waals surface area contributed by atoms with E-state index in [1.165, 1.54) is 11.1 Å². The largest absolute Gasteiger partial charge is 0.466 e. The molecule has 0 saturated heterocycles. The van der Waals surface area contributed by atoms with E-state index in [1.54, 1.807) is 19.2 Å². The number of hydrogen-bond donors (Lipinski definition) is 1. The van der Waals surface area contributed by atoms with Crippen molar-refractivity contribution in [2.24, 2.45) is 5.10 Å². The smallest absolute Gasteiger partial charge is 0.274 e. The number of furan rings is 1. The summed E-state index contributed by atoms with van der Waals surface area (Å²) in [7, 11) is 0. The Labute approximate surface area is 159 Å². The fraction of sp³-hybridized carbons (Fsp3) is 0.273. The topological polar surface area (TPSA) is 59.5 Å². The molecule has 1 N–H and O–H groups in total. The molecule has 0 atom stereocenters. The van der Waals surface area contributed by atoms with Crippen LogP contribution in [0.25, 0.3) is 5.69 Å². The Morgan fingerprint density at radius 3 is 2.44 bits per heavy atom. The summed E-state index contributed by atoms with van der Waals surface area (Å²) in [5.41, 5.74) is 9.87. The number of rotatable bonds is 4. The van der Waals surface area contributed by atoms with E-state index in [0.29, 0.717) is 17.1 Å². The Morgan fingerprint density at radius 2 is 1.81 bits per heavy atom. The molecule has 0 aliphatic rings. The molecule has 0 radical (unpaired) electrons. The van der Waals surface area contributed by atoms with Gasteiger partial charge in [0, 0.05) is 22.6 Å². The van der Waals surface area contributed by atoms with Gasteiger partial charge >= 0.3 is 0 Å². The Balaban J connectivity index is 1.83. The summed E-state index contributed by atoms with van der Waals surface area (Å²) in [6.45, 7) is 11.9. The lowest BCUT2D eigenvalue weighted by atomic mass is 10.1. The maximum Gasteiger partial charge on any atom is 0.274 e. The molecule has 5 heteroatoms. The second-order valence-electron chi connectivity index (χ2n) is 6.98. The van der Waals surface area contributed by atoms with Gasteiger partial charge in [0.1, 0.15) is 11.5 Å². The lowest BCUT2D eigenvalue weighted by Gasteiger charge is -2.13. The minimum Gasteiger partial charge on any atom is -0.466 e. The molecule has 140 valence electrons. The van der Waals surface area contributed by atoms with Gasteiger partial charge in [0.2, 0.25) is 0 Å². The van der Waals surface area contributed by atoms with Crippen molar-refractivity contribution in [3.05, 3.63) is 75.5 Å².